The number of ether oxygens (including phenoxy) is 10. The summed E-state index contributed by atoms with van der Waals surface area (Å²) in [6.45, 7) is 1.80. The molecule has 2 saturated heterocycles. The van der Waals surface area contributed by atoms with Crippen LogP contribution in [0.2, 0.25) is 0 Å². The van der Waals surface area contributed by atoms with Crippen molar-refractivity contribution in [3.63, 3.8) is 0 Å². The van der Waals surface area contributed by atoms with Gasteiger partial charge in [-0.25, -0.2) is 0 Å². The molecule has 0 aromatic heterocycles. The van der Waals surface area contributed by atoms with Crippen LogP contribution in [-0.2, 0) is 87.0 Å². The number of benzene rings is 6. The lowest BCUT2D eigenvalue weighted by atomic mass is 9.96. The molecule has 1 N–H and O–H groups in total. The van der Waals surface area contributed by atoms with Gasteiger partial charge in [-0.15, -0.1) is 0 Å². The molecular formula is C55H60O11. The average Bonchev–Trinajstić information content (AvgIpc) is 3.37. The second-order valence-electron chi connectivity index (χ2n) is 16.5. The molecule has 2 heterocycles. The van der Waals surface area contributed by atoms with Gasteiger partial charge in [-0.2, -0.15) is 0 Å². The molecule has 0 spiro atoms. The Kier molecular flexibility index (Phi) is 18.0. The fraction of sp³-hybridized carbons (Fsp3) is 0.345. The molecule has 346 valence electrons. The van der Waals surface area contributed by atoms with Crippen LogP contribution in [0.5, 0.6) is 0 Å². The molecule has 0 aliphatic carbocycles. The Balaban J connectivity index is 1.12. The third kappa shape index (κ3) is 13.5. The first kappa shape index (κ1) is 47.4. The van der Waals surface area contributed by atoms with Crippen LogP contribution in [0.15, 0.2) is 182 Å². The Morgan fingerprint density at radius 1 is 0.364 bits per heavy atom. The van der Waals surface area contributed by atoms with E-state index in [0.29, 0.717) is 13.2 Å². The van der Waals surface area contributed by atoms with Crippen LogP contribution in [-0.4, -0.2) is 86.8 Å². The predicted octanol–water partition coefficient (Wildman–Crippen LogP) is 8.60. The normalized spacial score (nSPS) is 25.4. The van der Waals surface area contributed by atoms with E-state index >= 15 is 0 Å². The van der Waals surface area contributed by atoms with Crippen LogP contribution < -0.4 is 0 Å². The Bertz CT molecular complexity index is 2220. The molecule has 6 aromatic carbocycles. The van der Waals surface area contributed by atoms with Crippen LogP contribution >= 0.6 is 0 Å². The van der Waals surface area contributed by atoms with Gasteiger partial charge in [-0.05, 0) is 33.4 Å². The highest BCUT2D eigenvalue weighted by atomic mass is 16.8. The second kappa shape index (κ2) is 25.1. The average molecular weight is 897 g/mol. The van der Waals surface area contributed by atoms with Gasteiger partial charge < -0.3 is 52.5 Å². The van der Waals surface area contributed by atoms with Gasteiger partial charge >= 0.3 is 0 Å². The summed E-state index contributed by atoms with van der Waals surface area (Å²) in [5.74, 6) is 0. The van der Waals surface area contributed by atoms with Crippen LogP contribution in [0.25, 0.3) is 0 Å². The zero-order valence-electron chi connectivity index (χ0n) is 37.3. The van der Waals surface area contributed by atoms with Crippen molar-refractivity contribution in [2.24, 2.45) is 0 Å². The predicted molar refractivity (Wildman–Crippen MR) is 247 cm³/mol. The summed E-state index contributed by atoms with van der Waals surface area (Å²) in [5.41, 5.74) is 5.81. The first-order chi connectivity index (χ1) is 32.6. The van der Waals surface area contributed by atoms with Gasteiger partial charge in [-0.3, -0.25) is 0 Å². The number of aliphatic hydroxyl groups excluding tert-OH is 1. The van der Waals surface area contributed by atoms with E-state index in [0.717, 1.165) is 33.4 Å². The van der Waals surface area contributed by atoms with E-state index in [9.17, 15) is 5.11 Å². The summed E-state index contributed by atoms with van der Waals surface area (Å²) in [6, 6.07) is 59.4. The summed E-state index contributed by atoms with van der Waals surface area (Å²) >= 11 is 0. The third-order valence-electron chi connectivity index (χ3n) is 11.7. The summed E-state index contributed by atoms with van der Waals surface area (Å²) in [5, 5.41) is 12.6. The van der Waals surface area contributed by atoms with Crippen LogP contribution in [0.3, 0.4) is 0 Å². The summed E-state index contributed by atoms with van der Waals surface area (Å²) in [7, 11) is 1.58. The zero-order valence-corrected chi connectivity index (χ0v) is 37.3. The first-order valence-electron chi connectivity index (χ1n) is 22.6. The van der Waals surface area contributed by atoms with Crippen molar-refractivity contribution in [3.05, 3.63) is 215 Å². The topological polar surface area (TPSA) is 113 Å². The Morgan fingerprint density at radius 3 is 1.08 bits per heavy atom. The number of aliphatic hydroxyl groups is 1. The second-order valence-corrected chi connectivity index (χ2v) is 16.5. The molecule has 0 amide bonds. The molecule has 8 rings (SSSR count). The molecule has 0 bridgehead atoms. The van der Waals surface area contributed by atoms with E-state index in [2.05, 4.69) is 0 Å². The van der Waals surface area contributed by atoms with Crippen molar-refractivity contribution < 1.29 is 52.5 Å². The Morgan fingerprint density at radius 2 is 0.682 bits per heavy atom. The largest absolute Gasteiger partial charge is 0.385 e. The van der Waals surface area contributed by atoms with Gasteiger partial charge in [0.05, 0.1) is 52.9 Å². The Labute approximate surface area is 388 Å². The number of hydrogen-bond acceptors (Lipinski definition) is 11. The highest BCUT2D eigenvalue weighted by Gasteiger charge is 2.54. The fourth-order valence-electron chi connectivity index (χ4n) is 8.22. The highest BCUT2D eigenvalue weighted by Crippen LogP contribution is 2.35. The van der Waals surface area contributed by atoms with Gasteiger partial charge in [0.1, 0.15) is 48.8 Å². The Hall–Kier alpha value is -5.12. The number of hydrogen-bond donors (Lipinski definition) is 1. The van der Waals surface area contributed by atoms with Crippen molar-refractivity contribution in [1.29, 1.82) is 0 Å². The molecule has 11 heteroatoms. The van der Waals surface area contributed by atoms with E-state index < -0.39 is 61.4 Å². The lowest BCUT2D eigenvalue weighted by molar-refractivity contribution is -0.372. The van der Waals surface area contributed by atoms with E-state index in [4.69, 9.17) is 47.4 Å². The highest BCUT2D eigenvalue weighted by molar-refractivity contribution is 5.18. The fourth-order valence-corrected chi connectivity index (χ4v) is 8.22. The molecule has 0 unspecified atom stereocenters. The lowest BCUT2D eigenvalue weighted by Crippen LogP contribution is -2.66. The van der Waals surface area contributed by atoms with Gasteiger partial charge in [0, 0.05) is 7.11 Å². The maximum Gasteiger partial charge on any atom is 0.187 e. The quantitative estimate of drug-likeness (QED) is 0.0668. The van der Waals surface area contributed by atoms with Gasteiger partial charge in [0.15, 0.2) is 12.6 Å². The minimum absolute atomic E-state index is 0.0964. The molecule has 0 radical (unpaired) electrons. The smallest absolute Gasteiger partial charge is 0.187 e. The molecule has 66 heavy (non-hydrogen) atoms. The van der Waals surface area contributed by atoms with E-state index in [1.54, 1.807) is 7.11 Å². The minimum atomic E-state index is -1.34. The van der Waals surface area contributed by atoms with E-state index in [1.165, 1.54) is 0 Å². The summed E-state index contributed by atoms with van der Waals surface area (Å²) < 4.78 is 66.4. The monoisotopic (exact) mass is 896 g/mol. The van der Waals surface area contributed by atoms with Gasteiger partial charge in [-0.1, -0.05) is 182 Å². The molecular weight excluding hydrogens is 837 g/mol. The van der Waals surface area contributed by atoms with E-state index in [-0.39, 0.29) is 39.6 Å². The van der Waals surface area contributed by atoms with Gasteiger partial charge in [0.2, 0.25) is 0 Å². The molecule has 11 nitrogen and oxygen atoms in total. The molecule has 2 aliphatic rings. The maximum absolute atomic E-state index is 12.6. The molecule has 0 saturated carbocycles. The molecule has 10 atom stereocenters. The number of rotatable bonds is 23. The van der Waals surface area contributed by atoms with Crippen LogP contribution in [0.4, 0.5) is 0 Å². The number of methoxy groups -OCH3 is 1. The van der Waals surface area contributed by atoms with Gasteiger partial charge in [0.25, 0.3) is 0 Å². The van der Waals surface area contributed by atoms with Crippen molar-refractivity contribution in [2.45, 2.75) is 101 Å². The zero-order chi connectivity index (χ0) is 45.2. The van der Waals surface area contributed by atoms with Crippen LogP contribution in [0.1, 0.15) is 33.4 Å². The van der Waals surface area contributed by atoms with Crippen molar-refractivity contribution in [3.8, 4) is 0 Å². The first-order valence-corrected chi connectivity index (χ1v) is 22.6. The summed E-state index contributed by atoms with van der Waals surface area (Å²) in [6.07, 6.45) is -9.19. The van der Waals surface area contributed by atoms with Crippen molar-refractivity contribution in [1.82, 2.24) is 0 Å². The standard InChI is InChI=1S/C55H60O11/c1-57-55-53(63-37-45-30-18-7-19-31-45)52(62-36-44-28-16-6-17-29-44)50(47(65-55)39-59-33-41-22-10-3-11-23-41)66-54-48(56)51(61-35-43-26-14-5-15-27-43)49(60-34-42-24-12-4-13-25-42)46(64-54)38-58-32-40-20-8-2-9-21-40/h2-31,46-56H,32-39H2,1H3/t46-,47-,48-,49-,50-,51-,52+,53-,54-,55+/m1/s1. The van der Waals surface area contributed by atoms with Crippen molar-refractivity contribution >= 4 is 0 Å². The maximum atomic E-state index is 12.6. The SMILES string of the molecule is CO[C@H]1O[C@H](COCc2ccccc2)[C@@H](O[C@H]2O[C@H](COCc3ccccc3)[C@@H](OCc3ccccc3)[C@H](OCc3ccccc3)[C@H]2O)[C@H](OCc2ccccc2)[C@H]1OCc1ccccc1. The van der Waals surface area contributed by atoms with Crippen LogP contribution in [0, 0.1) is 0 Å². The molecule has 6 aromatic rings. The molecule has 2 fully saturated rings. The lowest BCUT2D eigenvalue weighted by Gasteiger charge is -2.49. The third-order valence-corrected chi connectivity index (χ3v) is 11.7. The molecule has 2 aliphatic heterocycles. The van der Waals surface area contributed by atoms with E-state index in [1.807, 2.05) is 182 Å². The summed E-state index contributed by atoms with van der Waals surface area (Å²) in [4.78, 5) is 0. The minimum Gasteiger partial charge on any atom is -0.385 e. The van der Waals surface area contributed by atoms with Crippen molar-refractivity contribution in [2.75, 3.05) is 20.3 Å².